The van der Waals surface area contributed by atoms with E-state index in [4.69, 9.17) is 9.47 Å². The molecule has 1 fully saturated rings. The highest BCUT2D eigenvalue weighted by Crippen LogP contribution is 2.20. The minimum Gasteiger partial charge on any atom is -0.496 e. The molecule has 2 aromatic carbocycles. The molecule has 5 nitrogen and oxygen atoms in total. The van der Waals surface area contributed by atoms with E-state index in [0.29, 0.717) is 13.0 Å². The topological polar surface area (TPSA) is 42.0 Å². The standard InChI is InChI=1S/C22H28N2O3/c1-18-8-9-19(16-21(18)26-2)17-22(25)24-12-10-23(11-13-24)14-15-27-20-6-4-3-5-7-20/h3-9,16H,10-15,17H2,1-2H3. The van der Waals surface area contributed by atoms with Gasteiger partial charge >= 0.3 is 0 Å². The molecule has 0 bridgehead atoms. The SMILES string of the molecule is COc1cc(CC(=O)N2CCN(CCOc3ccccc3)CC2)ccc1C. The Morgan fingerprint density at radius 2 is 1.78 bits per heavy atom. The lowest BCUT2D eigenvalue weighted by Crippen LogP contribution is -2.49. The van der Waals surface area contributed by atoms with Crippen molar-refractivity contribution in [2.24, 2.45) is 0 Å². The predicted molar refractivity (Wildman–Crippen MR) is 106 cm³/mol. The van der Waals surface area contributed by atoms with E-state index >= 15 is 0 Å². The lowest BCUT2D eigenvalue weighted by molar-refractivity contribution is -0.132. The minimum absolute atomic E-state index is 0.182. The van der Waals surface area contributed by atoms with Crippen molar-refractivity contribution in [3.8, 4) is 11.5 Å². The fraction of sp³-hybridized carbons (Fsp3) is 0.409. The summed E-state index contributed by atoms with van der Waals surface area (Å²) in [6.07, 6.45) is 0.424. The van der Waals surface area contributed by atoms with Crippen molar-refractivity contribution in [2.75, 3.05) is 46.4 Å². The number of hydrogen-bond acceptors (Lipinski definition) is 4. The number of para-hydroxylation sites is 1. The molecular weight excluding hydrogens is 340 g/mol. The Morgan fingerprint density at radius 3 is 2.48 bits per heavy atom. The van der Waals surface area contributed by atoms with Crippen LogP contribution in [0.2, 0.25) is 0 Å². The summed E-state index contributed by atoms with van der Waals surface area (Å²) in [5, 5.41) is 0. The van der Waals surface area contributed by atoms with E-state index in [1.165, 1.54) is 0 Å². The van der Waals surface area contributed by atoms with Crippen LogP contribution in [0.25, 0.3) is 0 Å². The Bertz CT molecular complexity index is 740. The number of carbonyl (C=O) groups is 1. The first-order chi connectivity index (χ1) is 13.2. The molecule has 0 aromatic heterocycles. The number of nitrogens with zero attached hydrogens (tertiary/aromatic N) is 2. The quantitative estimate of drug-likeness (QED) is 0.754. The van der Waals surface area contributed by atoms with E-state index < -0.39 is 0 Å². The summed E-state index contributed by atoms with van der Waals surface area (Å²) in [6, 6.07) is 15.8. The van der Waals surface area contributed by atoms with Gasteiger partial charge in [0.05, 0.1) is 13.5 Å². The summed E-state index contributed by atoms with van der Waals surface area (Å²) in [5.41, 5.74) is 2.08. The van der Waals surface area contributed by atoms with Crippen LogP contribution in [0.15, 0.2) is 48.5 Å². The van der Waals surface area contributed by atoms with Crippen molar-refractivity contribution in [1.82, 2.24) is 9.80 Å². The van der Waals surface area contributed by atoms with Crippen LogP contribution in [0, 0.1) is 6.92 Å². The molecule has 0 unspecified atom stereocenters. The van der Waals surface area contributed by atoms with Crippen LogP contribution in [0.5, 0.6) is 11.5 Å². The second-order valence-electron chi connectivity index (χ2n) is 6.86. The third-order valence-electron chi connectivity index (χ3n) is 4.97. The number of carbonyl (C=O) groups excluding carboxylic acids is 1. The van der Waals surface area contributed by atoms with Crippen LogP contribution >= 0.6 is 0 Å². The third-order valence-corrected chi connectivity index (χ3v) is 4.97. The Balaban J connectivity index is 1.41. The molecule has 0 atom stereocenters. The molecule has 5 heteroatoms. The fourth-order valence-corrected chi connectivity index (χ4v) is 3.29. The zero-order chi connectivity index (χ0) is 19.1. The fourth-order valence-electron chi connectivity index (χ4n) is 3.29. The third kappa shape index (κ3) is 5.47. The molecule has 1 aliphatic heterocycles. The zero-order valence-corrected chi connectivity index (χ0v) is 16.2. The van der Waals surface area contributed by atoms with Crippen LogP contribution in [-0.2, 0) is 11.2 Å². The highest BCUT2D eigenvalue weighted by molar-refractivity contribution is 5.79. The van der Waals surface area contributed by atoms with Gasteiger partial charge in [0, 0.05) is 32.7 Å². The molecule has 2 aromatic rings. The number of benzene rings is 2. The van der Waals surface area contributed by atoms with E-state index in [2.05, 4.69) is 4.90 Å². The molecule has 0 N–H and O–H groups in total. The van der Waals surface area contributed by atoms with Gasteiger partial charge in [-0.05, 0) is 36.2 Å². The largest absolute Gasteiger partial charge is 0.496 e. The average molecular weight is 368 g/mol. The normalized spacial score (nSPS) is 14.8. The Labute approximate surface area is 161 Å². The Morgan fingerprint density at radius 1 is 1.04 bits per heavy atom. The number of rotatable bonds is 7. The smallest absolute Gasteiger partial charge is 0.227 e. The van der Waals surface area contributed by atoms with Crippen LogP contribution in [0.1, 0.15) is 11.1 Å². The number of aryl methyl sites for hydroxylation is 1. The second kappa shape index (κ2) is 9.42. The second-order valence-corrected chi connectivity index (χ2v) is 6.86. The zero-order valence-electron chi connectivity index (χ0n) is 16.2. The van der Waals surface area contributed by atoms with E-state index in [9.17, 15) is 4.79 Å². The summed E-state index contributed by atoms with van der Waals surface area (Å²) < 4.78 is 11.1. The molecule has 27 heavy (non-hydrogen) atoms. The van der Waals surface area contributed by atoms with Gasteiger partial charge in [-0.2, -0.15) is 0 Å². The molecule has 144 valence electrons. The monoisotopic (exact) mass is 368 g/mol. The van der Waals surface area contributed by atoms with Crippen LogP contribution in [0.3, 0.4) is 0 Å². The van der Waals surface area contributed by atoms with Crippen molar-refractivity contribution < 1.29 is 14.3 Å². The number of piperazine rings is 1. The molecule has 0 aliphatic carbocycles. The maximum atomic E-state index is 12.6. The van der Waals surface area contributed by atoms with Gasteiger partial charge in [0.2, 0.25) is 5.91 Å². The number of methoxy groups -OCH3 is 1. The number of hydrogen-bond donors (Lipinski definition) is 0. The maximum absolute atomic E-state index is 12.6. The minimum atomic E-state index is 0.182. The highest BCUT2D eigenvalue weighted by atomic mass is 16.5. The van der Waals surface area contributed by atoms with Crippen molar-refractivity contribution in [2.45, 2.75) is 13.3 Å². The molecule has 1 aliphatic rings. The van der Waals surface area contributed by atoms with Crippen molar-refractivity contribution >= 4 is 5.91 Å². The molecule has 1 amide bonds. The summed E-state index contributed by atoms with van der Waals surface area (Å²) in [4.78, 5) is 16.9. The highest BCUT2D eigenvalue weighted by Gasteiger charge is 2.21. The van der Waals surface area contributed by atoms with Gasteiger partial charge in [0.25, 0.3) is 0 Å². The predicted octanol–water partition coefficient (Wildman–Crippen LogP) is 2.77. The van der Waals surface area contributed by atoms with E-state index in [0.717, 1.165) is 55.3 Å². The van der Waals surface area contributed by atoms with Crippen molar-refractivity contribution in [3.05, 3.63) is 59.7 Å². The van der Waals surface area contributed by atoms with Crippen molar-refractivity contribution in [1.29, 1.82) is 0 Å². The van der Waals surface area contributed by atoms with Crippen LogP contribution < -0.4 is 9.47 Å². The Kier molecular flexibility index (Phi) is 6.71. The summed E-state index contributed by atoms with van der Waals surface area (Å²) in [7, 11) is 1.66. The summed E-state index contributed by atoms with van der Waals surface area (Å²) >= 11 is 0. The first kappa shape index (κ1) is 19.2. The first-order valence-corrected chi connectivity index (χ1v) is 9.47. The van der Waals surface area contributed by atoms with Gasteiger partial charge < -0.3 is 14.4 Å². The molecule has 0 spiro atoms. The molecule has 0 saturated carbocycles. The number of ether oxygens (including phenoxy) is 2. The lowest BCUT2D eigenvalue weighted by Gasteiger charge is -2.34. The van der Waals surface area contributed by atoms with Crippen molar-refractivity contribution in [3.63, 3.8) is 0 Å². The molecule has 1 saturated heterocycles. The van der Waals surface area contributed by atoms with E-state index in [1.807, 2.05) is 60.4 Å². The van der Waals surface area contributed by atoms with E-state index in [1.54, 1.807) is 7.11 Å². The Hall–Kier alpha value is -2.53. The van der Waals surface area contributed by atoms with Gasteiger partial charge in [0.15, 0.2) is 0 Å². The van der Waals surface area contributed by atoms with Gasteiger partial charge in [-0.3, -0.25) is 9.69 Å². The molecule has 1 heterocycles. The number of amides is 1. The van der Waals surface area contributed by atoms with Gasteiger partial charge in [0.1, 0.15) is 18.1 Å². The summed E-state index contributed by atoms with van der Waals surface area (Å²) in [5.74, 6) is 1.92. The van der Waals surface area contributed by atoms with Gasteiger partial charge in [-0.25, -0.2) is 0 Å². The maximum Gasteiger partial charge on any atom is 0.227 e. The van der Waals surface area contributed by atoms with Crippen LogP contribution in [-0.4, -0.2) is 62.1 Å². The molecular formula is C22H28N2O3. The first-order valence-electron chi connectivity index (χ1n) is 9.47. The van der Waals surface area contributed by atoms with Crippen LogP contribution in [0.4, 0.5) is 0 Å². The van der Waals surface area contributed by atoms with Gasteiger partial charge in [-0.15, -0.1) is 0 Å². The molecule has 3 rings (SSSR count). The molecule has 0 radical (unpaired) electrons. The lowest BCUT2D eigenvalue weighted by atomic mass is 10.1. The summed E-state index contributed by atoms with van der Waals surface area (Å²) in [6.45, 7) is 6.88. The average Bonchev–Trinajstić information content (AvgIpc) is 2.70. The van der Waals surface area contributed by atoms with E-state index in [-0.39, 0.29) is 5.91 Å². The van der Waals surface area contributed by atoms with Gasteiger partial charge in [-0.1, -0.05) is 30.3 Å².